The monoisotopic (exact) mass is 529 g/mol. The predicted molar refractivity (Wildman–Crippen MR) is 123 cm³/mol. The maximum absolute atomic E-state index is 13.8. The fourth-order valence-corrected chi connectivity index (χ4v) is 4.84. The van der Waals surface area contributed by atoms with Crippen molar-refractivity contribution in [3.63, 3.8) is 0 Å². The first-order valence-electron chi connectivity index (χ1n) is 11.0. The topological polar surface area (TPSA) is 126 Å². The van der Waals surface area contributed by atoms with Gasteiger partial charge in [0.1, 0.15) is 27.6 Å². The molecule has 2 aromatic heterocycles. The Balaban J connectivity index is 1.54. The molecular weight excluding hydrogens is 506 g/mol. The molecule has 14 heteroatoms. The quantitative estimate of drug-likeness (QED) is 0.302. The van der Waals surface area contributed by atoms with Crippen LogP contribution in [0.15, 0.2) is 24.5 Å². The summed E-state index contributed by atoms with van der Waals surface area (Å²) in [6, 6.07) is 2.97. The molecule has 4 rings (SSSR count). The summed E-state index contributed by atoms with van der Waals surface area (Å²) in [4.78, 5) is 24.3. The molecular formula is C22H23F4N5O4S. The molecule has 194 valence electrons. The number of nitrogens with one attached hydrogen (secondary N) is 3. The number of ether oxygens (including phenoxy) is 1. The third kappa shape index (κ3) is 6.22. The second-order valence-electron chi connectivity index (χ2n) is 8.56. The van der Waals surface area contributed by atoms with E-state index in [9.17, 15) is 30.8 Å². The molecule has 1 aromatic carbocycles. The highest BCUT2D eigenvalue weighted by molar-refractivity contribution is 7.90. The molecule has 1 atom stereocenters. The molecule has 0 saturated heterocycles. The maximum atomic E-state index is 13.8. The second-order valence-corrected chi connectivity index (χ2v) is 10.8. The zero-order chi connectivity index (χ0) is 26.1. The first-order valence-corrected chi connectivity index (χ1v) is 13.1. The molecule has 0 bridgehead atoms. The second kappa shape index (κ2) is 9.91. The van der Waals surface area contributed by atoms with Gasteiger partial charge < -0.3 is 20.4 Å². The number of alkyl halides is 3. The first kappa shape index (κ1) is 25.7. The van der Waals surface area contributed by atoms with E-state index in [2.05, 4.69) is 30.3 Å². The van der Waals surface area contributed by atoms with Crippen molar-refractivity contribution < 1.29 is 35.5 Å². The number of carbonyl (C=O) groups is 1. The minimum absolute atomic E-state index is 0.0178. The molecule has 0 saturated carbocycles. The summed E-state index contributed by atoms with van der Waals surface area (Å²) in [6.45, 7) is 0.242. The van der Waals surface area contributed by atoms with Gasteiger partial charge >= 0.3 is 6.36 Å². The Bertz CT molecular complexity index is 1390. The summed E-state index contributed by atoms with van der Waals surface area (Å²) in [5.41, 5.74) is 2.27. The third-order valence-electron chi connectivity index (χ3n) is 5.76. The lowest BCUT2D eigenvalue weighted by atomic mass is 9.86. The molecule has 0 aliphatic heterocycles. The SMILES string of the molecule is CS(=O)(=O)CCCNC(=O)[C@H]1CCc2[nH]c3ncnc(Nc4ccc(F)c(OC(F)(F)F)c4)c3c2C1. The van der Waals surface area contributed by atoms with Crippen molar-refractivity contribution in [2.45, 2.75) is 32.0 Å². The van der Waals surface area contributed by atoms with Gasteiger partial charge in [-0.25, -0.2) is 22.8 Å². The van der Waals surface area contributed by atoms with E-state index in [1.807, 2.05) is 0 Å². The van der Waals surface area contributed by atoms with Gasteiger partial charge in [-0.05, 0) is 43.4 Å². The molecule has 9 nitrogen and oxygen atoms in total. The lowest BCUT2D eigenvalue weighted by Gasteiger charge is -2.22. The van der Waals surface area contributed by atoms with Crippen molar-refractivity contribution in [1.29, 1.82) is 0 Å². The minimum atomic E-state index is -5.05. The number of hydrogen-bond donors (Lipinski definition) is 3. The number of carbonyl (C=O) groups excluding carboxylic acids is 1. The highest BCUT2D eigenvalue weighted by Crippen LogP contribution is 2.36. The zero-order valence-electron chi connectivity index (χ0n) is 19.1. The van der Waals surface area contributed by atoms with E-state index < -0.39 is 27.8 Å². The number of aryl methyl sites for hydroxylation is 1. The highest BCUT2D eigenvalue weighted by Gasteiger charge is 2.33. The number of nitrogens with zero attached hydrogens (tertiary/aromatic N) is 2. The normalized spacial score (nSPS) is 16.0. The Morgan fingerprint density at radius 2 is 2.06 bits per heavy atom. The van der Waals surface area contributed by atoms with Crippen LogP contribution in [0.2, 0.25) is 0 Å². The number of aromatic nitrogens is 3. The summed E-state index contributed by atoms with van der Waals surface area (Å²) in [5, 5.41) is 6.25. The summed E-state index contributed by atoms with van der Waals surface area (Å²) in [5.74, 6) is -2.45. The number of amides is 1. The Hall–Kier alpha value is -3.42. The summed E-state index contributed by atoms with van der Waals surface area (Å²) >= 11 is 0. The summed E-state index contributed by atoms with van der Waals surface area (Å²) in [6.07, 6.45) is -0.831. The zero-order valence-corrected chi connectivity index (χ0v) is 19.9. The number of hydrogen-bond acceptors (Lipinski definition) is 7. The molecule has 0 radical (unpaired) electrons. The minimum Gasteiger partial charge on any atom is -0.403 e. The van der Waals surface area contributed by atoms with E-state index in [-0.39, 0.29) is 35.6 Å². The Kier molecular flexibility index (Phi) is 7.07. The van der Waals surface area contributed by atoms with Crippen LogP contribution in [0.3, 0.4) is 0 Å². The Labute approximate surface area is 203 Å². The van der Waals surface area contributed by atoms with Crippen molar-refractivity contribution in [1.82, 2.24) is 20.3 Å². The smallest absolute Gasteiger partial charge is 0.403 e. The van der Waals surface area contributed by atoms with E-state index in [1.54, 1.807) is 0 Å². The third-order valence-corrected chi connectivity index (χ3v) is 6.79. The van der Waals surface area contributed by atoms with Gasteiger partial charge in [0.05, 0.1) is 11.1 Å². The number of H-pyrrole nitrogens is 1. The number of sulfone groups is 1. The maximum Gasteiger partial charge on any atom is 0.573 e. The van der Waals surface area contributed by atoms with E-state index in [4.69, 9.17) is 0 Å². The van der Waals surface area contributed by atoms with Crippen LogP contribution in [0.5, 0.6) is 5.75 Å². The van der Waals surface area contributed by atoms with Crippen LogP contribution in [0.25, 0.3) is 11.0 Å². The molecule has 2 heterocycles. The number of fused-ring (bicyclic) bond motifs is 3. The van der Waals surface area contributed by atoms with Crippen LogP contribution >= 0.6 is 0 Å². The van der Waals surface area contributed by atoms with Crippen LogP contribution in [-0.4, -0.2) is 54.2 Å². The molecule has 0 fully saturated rings. The van der Waals surface area contributed by atoms with Crippen LogP contribution in [0, 0.1) is 11.7 Å². The van der Waals surface area contributed by atoms with Crippen molar-refractivity contribution in [3.05, 3.63) is 41.6 Å². The van der Waals surface area contributed by atoms with Gasteiger partial charge in [0.15, 0.2) is 11.6 Å². The van der Waals surface area contributed by atoms with E-state index in [0.717, 1.165) is 29.6 Å². The number of benzene rings is 1. The molecule has 1 aliphatic rings. The van der Waals surface area contributed by atoms with Gasteiger partial charge in [0.25, 0.3) is 0 Å². The van der Waals surface area contributed by atoms with E-state index in [0.29, 0.717) is 36.7 Å². The molecule has 0 spiro atoms. The molecule has 1 amide bonds. The fourth-order valence-electron chi connectivity index (χ4n) is 4.17. The number of halogens is 4. The standard InChI is InChI=1S/C22H23F4N5O4S/c1-36(33,34)8-2-7-27-21(32)12-3-6-16-14(9-12)18-19(28-11-29-20(18)31-16)30-13-4-5-15(23)17(10-13)35-22(24,25)26/h4-5,10-12H,2-3,6-9H2,1H3,(H,27,32)(H2,28,29,30,31)/t12-/m0/s1. The fraction of sp³-hybridized carbons (Fsp3) is 0.409. The van der Waals surface area contributed by atoms with Gasteiger partial charge in [-0.1, -0.05) is 0 Å². The van der Waals surface area contributed by atoms with Crippen molar-refractivity contribution in [2.24, 2.45) is 5.92 Å². The van der Waals surface area contributed by atoms with Gasteiger partial charge in [-0.2, -0.15) is 0 Å². The number of rotatable bonds is 8. The number of aromatic amines is 1. The van der Waals surface area contributed by atoms with Crippen LogP contribution < -0.4 is 15.4 Å². The number of anilines is 2. The van der Waals surface area contributed by atoms with Gasteiger partial charge in [-0.15, -0.1) is 13.2 Å². The molecule has 3 aromatic rings. The van der Waals surface area contributed by atoms with Crippen molar-refractivity contribution in [2.75, 3.05) is 23.9 Å². The van der Waals surface area contributed by atoms with Gasteiger partial charge in [-0.3, -0.25) is 4.79 Å². The largest absolute Gasteiger partial charge is 0.573 e. The van der Waals surface area contributed by atoms with E-state index >= 15 is 0 Å². The lowest BCUT2D eigenvalue weighted by molar-refractivity contribution is -0.275. The van der Waals surface area contributed by atoms with Crippen LogP contribution in [0.1, 0.15) is 24.1 Å². The molecule has 3 N–H and O–H groups in total. The molecule has 0 unspecified atom stereocenters. The Morgan fingerprint density at radius 1 is 1.28 bits per heavy atom. The predicted octanol–water partition coefficient (Wildman–Crippen LogP) is 3.40. The first-order chi connectivity index (χ1) is 16.9. The van der Waals surface area contributed by atoms with Crippen LogP contribution in [0.4, 0.5) is 29.1 Å². The van der Waals surface area contributed by atoms with Gasteiger partial charge in [0, 0.05) is 36.2 Å². The average molecular weight is 530 g/mol. The average Bonchev–Trinajstić information content (AvgIpc) is 3.16. The highest BCUT2D eigenvalue weighted by atomic mass is 32.2. The van der Waals surface area contributed by atoms with Crippen molar-refractivity contribution >= 4 is 38.3 Å². The van der Waals surface area contributed by atoms with Gasteiger partial charge in [0.2, 0.25) is 5.91 Å². The lowest BCUT2D eigenvalue weighted by Crippen LogP contribution is -2.35. The van der Waals surface area contributed by atoms with E-state index in [1.165, 1.54) is 12.4 Å². The Morgan fingerprint density at radius 3 is 2.78 bits per heavy atom. The molecule has 1 aliphatic carbocycles. The van der Waals surface area contributed by atoms with Crippen molar-refractivity contribution in [3.8, 4) is 5.75 Å². The van der Waals surface area contributed by atoms with Crippen LogP contribution in [-0.2, 0) is 27.5 Å². The molecule has 36 heavy (non-hydrogen) atoms. The summed E-state index contributed by atoms with van der Waals surface area (Å²) < 4.78 is 77.8. The summed E-state index contributed by atoms with van der Waals surface area (Å²) in [7, 11) is -3.11.